The van der Waals surface area contributed by atoms with E-state index in [1.165, 1.54) is 6.07 Å². The molecule has 110 valence electrons. The molecule has 0 bridgehead atoms. The summed E-state index contributed by atoms with van der Waals surface area (Å²) in [6.45, 7) is 7.31. The third-order valence-corrected chi connectivity index (χ3v) is 5.25. The maximum absolute atomic E-state index is 13.5. The van der Waals surface area contributed by atoms with Crippen molar-refractivity contribution in [3.05, 3.63) is 35.1 Å². The van der Waals surface area contributed by atoms with E-state index < -0.39 is 0 Å². The molecule has 0 saturated carbocycles. The Balaban J connectivity index is 2.13. The smallest absolute Gasteiger partial charge is 0.123 e. The van der Waals surface area contributed by atoms with E-state index in [9.17, 15) is 4.39 Å². The molecule has 0 spiro atoms. The van der Waals surface area contributed by atoms with E-state index in [4.69, 9.17) is 18.0 Å². The normalized spacial score (nSPS) is 19.6. The average Bonchev–Trinajstić information content (AvgIpc) is 2.51. The number of hydrogen-bond donors (Lipinski definition) is 1. The van der Waals surface area contributed by atoms with Gasteiger partial charge in [0, 0.05) is 29.2 Å². The molecule has 0 aliphatic carbocycles. The maximum atomic E-state index is 13.5. The molecule has 2 N–H and O–H groups in total. The summed E-state index contributed by atoms with van der Waals surface area (Å²) < 4.78 is 13.8. The topological polar surface area (TPSA) is 29.3 Å². The van der Waals surface area contributed by atoms with Crippen molar-refractivity contribution in [2.45, 2.75) is 31.6 Å². The molecule has 1 fully saturated rings. The number of thioether (sulfide) groups is 1. The van der Waals surface area contributed by atoms with Crippen molar-refractivity contribution in [2.24, 2.45) is 5.73 Å². The first kappa shape index (κ1) is 15.7. The van der Waals surface area contributed by atoms with Crippen LogP contribution in [0.4, 0.5) is 4.39 Å². The molecule has 0 radical (unpaired) electrons. The third kappa shape index (κ3) is 4.17. The lowest BCUT2D eigenvalue weighted by Crippen LogP contribution is -2.28. The van der Waals surface area contributed by atoms with Gasteiger partial charge >= 0.3 is 0 Å². The second-order valence-corrected chi connectivity index (χ2v) is 8.04. The second-order valence-electron chi connectivity index (χ2n) is 5.80. The van der Waals surface area contributed by atoms with Gasteiger partial charge in [-0.2, -0.15) is 11.8 Å². The van der Waals surface area contributed by atoms with Crippen LogP contribution in [0.25, 0.3) is 0 Å². The highest BCUT2D eigenvalue weighted by molar-refractivity contribution is 8.00. The molecule has 5 heteroatoms. The highest BCUT2D eigenvalue weighted by Gasteiger charge is 2.24. The zero-order chi connectivity index (χ0) is 14.8. The molecule has 0 unspecified atom stereocenters. The Bertz CT molecular complexity index is 503. The molecule has 1 aromatic rings. The second kappa shape index (κ2) is 6.41. The molecule has 2 rings (SSSR count). The van der Waals surface area contributed by atoms with E-state index in [2.05, 4.69) is 18.7 Å². The van der Waals surface area contributed by atoms with Crippen molar-refractivity contribution in [1.29, 1.82) is 0 Å². The van der Waals surface area contributed by atoms with Crippen LogP contribution in [-0.4, -0.2) is 33.5 Å². The first-order valence-electron chi connectivity index (χ1n) is 6.82. The van der Waals surface area contributed by atoms with Gasteiger partial charge in [0.1, 0.15) is 10.8 Å². The standard InChI is InChI=1S/C15H21FN2S2/c1-15(2)5-6-18(7-8-20-15)10-11-9-12(16)3-4-13(11)14(17)19/h3-4,9H,5-8,10H2,1-2H3,(H2,17,19). The first-order valence-corrected chi connectivity index (χ1v) is 8.21. The summed E-state index contributed by atoms with van der Waals surface area (Å²) in [4.78, 5) is 2.70. The highest BCUT2D eigenvalue weighted by atomic mass is 32.2. The van der Waals surface area contributed by atoms with Crippen molar-refractivity contribution < 1.29 is 4.39 Å². The molecule has 1 aliphatic heterocycles. The minimum Gasteiger partial charge on any atom is -0.389 e. The largest absolute Gasteiger partial charge is 0.389 e. The lowest BCUT2D eigenvalue weighted by Gasteiger charge is -2.23. The molecule has 1 saturated heterocycles. The minimum absolute atomic E-state index is 0.232. The minimum atomic E-state index is -0.232. The lowest BCUT2D eigenvalue weighted by molar-refractivity contribution is 0.276. The first-order chi connectivity index (χ1) is 9.37. The molecule has 0 aromatic heterocycles. The number of halogens is 1. The van der Waals surface area contributed by atoms with Crippen molar-refractivity contribution in [3.63, 3.8) is 0 Å². The van der Waals surface area contributed by atoms with Gasteiger partial charge in [-0.25, -0.2) is 4.39 Å². The van der Waals surface area contributed by atoms with Crippen LogP contribution in [0, 0.1) is 5.82 Å². The summed E-state index contributed by atoms with van der Waals surface area (Å²) in [5.41, 5.74) is 7.41. The molecule has 0 atom stereocenters. The molecule has 1 aromatic carbocycles. The molecule has 0 amide bonds. The van der Waals surface area contributed by atoms with Gasteiger partial charge < -0.3 is 5.73 Å². The van der Waals surface area contributed by atoms with Gasteiger partial charge in [-0.3, -0.25) is 4.90 Å². The van der Waals surface area contributed by atoms with Crippen molar-refractivity contribution in [1.82, 2.24) is 4.90 Å². The van der Waals surface area contributed by atoms with Crippen LogP contribution in [0.2, 0.25) is 0 Å². The summed E-state index contributed by atoms with van der Waals surface area (Å²) in [5, 5.41) is 0. The molecule has 1 aliphatic rings. The van der Waals surface area contributed by atoms with E-state index in [-0.39, 0.29) is 5.82 Å². The van der Waals surface area contributed by atoms with Crippen molar-refractivity contribution >= 4 is 29.0 Å². The van der Waals surface area contributed by atoms with Crippen LogP contribution in [0.1, 0.15) is 31.4 Å². The highest BCUT2D eigenvalue weighted by Crippen LogP contribution is 2.31. The Kier molecular flexibility index (Phi) is 5.04. The Morgan fingerprint density at radius 1 is 1.45 bits per heavy atom. The van der Waals surface area contributed by atoms with Crippen LogP contribution in [-0.2, 0) is 6.54 Å². The van der Waals surface area contributed by atoms with Gasteiger partial charge in [-0.05, 0) is 36.7 Å². The molecule has 2 nitrogen and oxygen atoms in total. The fraction of sp³-hybridized carbons (Fsp3) is 0.533. The van der Waals surface area contributed by atoms with E-state index in [0.29, 0.717) is 16.3 Å². The average molecular weight is 312 g/mol. The lowest BCUT2D eigenvalue weighted by atomic mass is 10.1. The van der Waals surface area contributed by atoms with E-state index in [1.54, 1.807) is 12.1 Å². The van der Waals surface area contributed by atoms with Gasteiger partial charge in [-0.15, -0.1) is 0 Å². The van der Waals surface area contributed by atoms with Crippen LogP contribution in [0.3, 0.4) is 0 Å². The number of nitrogens with two attached hydrogens (primary N) is 1. The zero-order valence-corrected chi connectivity index (χ0v) is 13.6. The predicted octanol–water partition coefficient (Wildman–Crippen LogP) is 3.18. The monoisotopic (exact) mass is 312 g/mol. The number of rotatable bonds is 3. The Hall–Kier alpha value is -0.650. The summed E-state index contributed by atoms with van der Waals surface area (Å²) in [6, 6.07) is 4.65. The van der Waals surface area contributed by atoms with Gasteiger partial charge in [0.05, 0.1) is 0 Å². The van der Waals surface area contributed by atoms with Gasteiger partial charge in [0.15, 0.2) is 0 Å². The summed E-state index contributed by atoms with van der Waals surface area (Å²) >= 11 is 7.06. The quantitative estimate of drug-likeness (QED) is 0.868. The van der Waals surface area contributed by atoms with Crippen LogP contribution in [0.5, 0.6) is 0 Å². The Morgan fingerprint density at radius 3 is 2.90 bits per heavy atom. The van der Waals surface area contributed by atoms with Crippen molar-refractivity contribution in [2.75, 3.05) is 18.8 Å². The van der Waals surface area contributed by atoms with Crippen LogP contribution in [0.15, 0.2) is 18.2 Å². The summed E-state index contributed by atoms with van der Waals surface area (Å²) in [6.07, 6.45) is 1.13. The maximum Gasteiger partial charge on any atom is 0.123 e. The molecular formula is C15H21FN2S2. The third-order valence-electron chi connectivity index (χ3n) is 3.66. The Morgan fingerprint density at radius 2 is 2.20 bits per heavy atom. The van der Waals surface area contributed by atoms with E-state index in [1.807, 2.05) is 11.8 Å². The number of hydrogen-bond acceptors (Lipinski definition) is 3. The van der Waals surface area contributed by atoms with Gasteiger partial charge in [-0.1, -0.05) is 26.1 Å². The van der Waals surface area contributed by atoms with E-state index in [0.717, 1.165) is 36.4 Å². The number of thiocarbonyl (C=S) groups is 1. The Labute approximate surface area is 129 Å². The molecular weight excluding hydrogens is 291 g/mol. The molecule has 20 heavy (non-hydrogen) atoms. The van der Waals surface area contributed by atoms with Crippen molar-refractivity contribution in [3.8, 4) is 0 Å². The van der Waals surface area contributed by atoms with Crippen LogP contribution < -0.4 is 5.73 Å². The van der Waals surface area contributed by atoms with Crippen LogP contribution >= 0.6 is 24.0 Å². The van der Waals surface area contributed by atoms with E-state index >= 15 is 0 Å². The van der Waals surface area contributed by atoms with Gasteiger partial charge in [0.25, 0.3) is 0 Å². The predicted molar refractivity (Wildman–Crippen MR) is 88.7 cm³/mol. The molecule has 1 heterocycles. The SMILES string of the molecule is CC1(C)CCN(Cc2cc(F)ccc2C(N)=S)CCS1. The van der Waals surface area contributed by atoms with Gasteiger partial charge in [0.2, 0.25) is 0 Å². The number of nitrogens with zero attached hydrogens (tertiary/aromatic N) is 1. The summed E-state index contributed by atoms with van der Waals surface area (Å²) in [5.74, 6) is 0.870. The fourth-order valence-electron chi connectivity index (χ4n) is 2.39. The zero-order valence-electron chi connectivity index (χ0n) is 12.0. The fourth-order valence-corrected chi connectivity index (χ4v) is 3.73. The summed E-state index contributed by atoms with van der Waals surface area (Å²) in [7, 11) is 0. The number of benzene rings is 1.